The molecule has 1 fully saturated rings. The highest BCUT2D eigenvalue weighted by atomic mass is 16.2. The summed E-state index contributed by atoms with van der Waals surface area (Å²) >= 11 is 0. The summed E-state index contributed by atoms with van der Waals surface area (Å²) in [5.41, 5.74) is 1.13. The molecule has 1 aliphatic rings. The molecule has 0 aliphatic carbocycles. The van der Waals surface area contributed by atoms with Gasteiger partial charge in [0.1, 0.15) is 6.04 Å². The zero-order valence-electron chi connectivity index (χ0n) is 13.5. The molecule has 6 heteroatoms. The van der Waals surface area contributed by atoms with E-state index in [0.29, 0.717) is 5.69 Å². The van der Waals surface area contributed by atoms with E-state index in [9.17, 15) is 9.59 Å². The molecule has 1 aromatic carbocycles. The molecule has 3 rings (SSSR count). The van der Waals surface area contributed by atoms with Crippen molar-refractivity contribution in [2.45, 2.75) is 45.2 Å². The summed E-state index contributed by atoms with van der Waals surface area (Å²) in [6.45, 7) is 4.56. The van der Waals surface area contributed by atoms with Crippen molar-refractivity contribution in [1.82, 2.24) is 20.4 Å². The Hall–Kier alpha value is -2.37. The summed E-state index contributed by atoms with van der Waals surface area (Å²) in [6.07, 6.45) is 3.21. The predicted octanol–water partition coefficient (Wildman–Crippen LogP) is 2.08. The zero-order chi connectivity index (χ0) is 16.4. The average Bonchev–Trinajstić information content (AvgIpc) is 2.98. The van der Waals surface area contributed by atoms with Crippen LogP contribution in [-0.2, 0) is 4.79 Å². The van der Waals surface area contributed by atoms with Crippen LogP contribution in [0.15, 0.2) is 24.3 Å². The molecule has 2 heterocycles. The van der Waals surface area contributed by atoms with Crippen molar-refractivity contribution >= 4 is 22.7 Å². The van der Waals surface area contributed by atoms with E-state index < -0.39 is 6.04 Å². The number of carbonyl (C=O) groups is 2. The van der Waals surface area contributed by atoms with Crippen LogP contribution in [0, 0.1) is 0 Å². The quantitative estimate of drug-likeness (QED) is 0.910. The van der Waals surface area contributed by atoms with Crippen molar-refractivity contribution < 1.29 is 9.59 Å². The van der Waals surface area contributed by atoms with Gasteiger partial charge in [-0.2, -0.15) is 5.10 Å². The van der Waals surface area contributed by atoms with Crippen LogP contribution in [0.25, 0.3) is 10.9 Å². The first-order chi connectivity index (χ1) is 11.1. The van der Waals surface area contributed by atoms with E-state index in [0.717, 1.165) is 36.7 Å². The van der Waals surface area contributed by atoms with Crippen LogP contribution >= 0.6 is 0 Å². The number of carbonyl (C=O) groups excluding carboxylic acids is 2. The molecule has 122 valence electrons. The molecule has 1 aliphatic heterocycles. The molecule has 2 atom stereocenters. The minimum atomic E-state index is -0.557. The lowest BCUT2D eigenvalue weighted by Crippen LogP contribution is -2.51. The van der Waals surface area contributed by atoms with Gasteiger partial charge in [0, 0.05) is 18.0 Å². The highest BCUT2D eigenvalue weighted by Crippen LogP contribution is 2.18. The molecule has 2 N–H and O–H groups in total. The van der Waals surface area contributed by atoms with Crippen LogP contribution < -0.4 is 5.32 Å². The largest absolute Gasteiger partial charge is 0.339 e. The number of fused-ring (bicyclic) bond motifs is 1. The minimum Gasteiger partial charge on any atom is -0.339 e. The van der Waals surface area contributed by atoms with Crippen molar-refractivity contribution in [3.8, 4) is 0 Å². The number of hydrogen-bond donors (Lipinski definition) is 2. The van der Waals surface area contributed by atoms with Gasteiger partial charge in [-0.1, -0.05) is 18.2 Å². The van der Waals surface area contributed by atoms with Crippen LogP contribution in [0.1, 0.15) is 43.6 Å². The Morgan fingerprint density at radius 2 is 2.13 bits per heavy atom. The van der Waals surface area contributed by atoms with Gasteiger partial charge in [-0.05, 0) is 39.2 Å². The highest BCUT2D eigenvalue weighted by molar-refractivity contribution is 6.05. The Kier molecular flexibility index (Phi) is 4.32. The second-order valence-corrected chi connectivity index (χ2v) is 6.19. The molecule has 0 spiro atoms. The first-order valence-corrected chi connectivity index (χ1v) is 8.12. The lowest BCUT2D eigenvalue weighted by atomic mass is 10.0. The lowest BCUT2D eigenvalue weighted by molar-refractivity contribution is -0.136. The highest BCUT2D eigenvalue weighted by Gasteiger charge is 2.28. The molecule has 2 aromatic rings. The van der Waals surface area contributed by atoms with Crippen molar-refractivity contribution in [1.29, 1.82) is 0 Å². The van der Waals surface area contributed by atoms with E-state index in [2.05, 4.69) is 22.4 Å². The average molecular weight is 314 g/mol. The van der Waals surface area contributed by atoms with Gasteiger partial charge in [0.25, 0.3) is 5.91 Å². The summed E-state index contributed by atoms with van der Waals surface area (Å²) in [6, 6.07) is 7.13. The summed E-state index contributed by atoms with van der Waals surface area (Å²) in [5.74, 6) is -0.349. The second-order valence-electron chi connectivity index (χ2n) is 6.19. The smallest absolute Gasteiger partial charge is 0.273 e. The van der Waals surface area contributed by atoms with Gasteiger partial charge in [0.2, 0.25) is 5.91 Å². The standard InChI is InChI=1S/C17H22N4O2/c1-11-7-5-6-10-21(11)17(23)12(2)18-16(22)15-13-8-3-4-9-14(13)19-20-15/h3-4,8-9,11-12H,5-7,10H2,1-2H3,(H,18,22)(H,19,20). The van der Waals surface area contributed by atoms with Gasteiger partial charge >= 0.3 is 0 Å². The van der Waals surface area contributed by atoms with Gasteiger partial charge in [-0.3, -0.25) is 14.7 Å². The molecule has 0 bridgehead atoms. The third-order valence-electron chi connectivity index (χ3n) is 4.49. The molecule has 1 saturated heterocycles. The topological polar surface area (TPSA) is 78.1 Å². The van der Waals surface area contributed by atoms with E-state index >= 15 is 0 Å². The monoisotopic (exact) mass is 314 g/mol. The summed E-state index contributed by atoms with van der Waals surface area (Å²) < 4.78 is 0. The molecule has 6 nitrogen and oxygen atoms in total. The molecule has 2 amide bonds. The van der Waals surface area contributed by atoms with Gasteiger partial charge < -0.3 is 10.2 Å². The Morgan fingerprint density at radius 3 is 2.91 bits per heavy atom. The fourth-order valence-electron chi connectivity index (χ4n) is 3.14. The molecule has 0 radical (unpaired) electrons. The maximum atomic E-state index is 12.6. The third-order valence-corrected chi connectivity index (χ3v) is 4.49. The number of hydrogen-bond acceptors (Lipinski definition) is 3. The third kappa shape index (κ3) is 3.06. The minimum absolute atomic E-state index is 0.0228. The van der Waals surface area contributed by atoms with Crippen LogP contribution in [-0.4, -0.2) is 45.5 Å². The number of aromatic nitrogens is 2. The van der Waals surface area contributed by atoms with Crippen LogP contribution in [0.3, 0.4) is 0 Å². The molecule has 1 aromatic heterocycles. The summed E-state index contributed by atoms with van der Waals surface area (Å²) in [4.78, 5) is 26.9. The van der Waals surface area contributed by atoms with E-state index in [1.165, 1.54) is 0 Å². The van der Waals surface area contributed by atoms with Crippen LogP contribution in [0.2, 0.25) is 0 Å². The van der Waals surface area contributed by atoms with Crippen LogP contribution in [0.5, 0.6) is 0 Å². The Labute approximate surface area is 135 Å². The number of likely N-dealkylation sites (tertiary alicyclic amines) is 1. The maximum absolute atomic E-state index is 12.6. The SMILES string of the molecule is CC(NC(=O)c1n[nH]c2ccccc12)C(=O)N1CCCCC1C. The van der Waals surface area contributed by atoms with Crippen LogP contribution in [0.4, 0.5) is 0 Å². The van der Waals surface area contributed by atoms with Gasteiger partial charge in [-0.25, -0.2) is 0 Å². The van der Waals surface area contributed by atoms with Gasteiger partial charge in [-0.15, -0.1) is 0 Å². The normalized spacial score (nSPS) is 19.6. The fourth-order valence-corrected chi connectivity index (χ4v) is 3.14. The molecule has 23 heavy (non-hydrogen) atoms. The molecule has 2 unspecified atom stereocenters. The number of benzene rings is 1. The van der Waals surface area contributed by atoms with Gasteiger partial charge in [0.15, 0.2) is 5.69 Å². The first kappa shape index (κ1) is 15.5. The number of nitrogens with zero attached hydrogens (tertiary/aromatic N) is 2. The number of aromatic amines is 1. The number of rotatable bonds is 3. The summed E-state index contributed by atoms with van der Waals surface area (Å²) in [5, 5.41) is 10.4. The zero-order valence-corrected chi connectivity index (χ0v) is 13.5. The Balaban J connectivity index is 1.70. The number of amides is 2. The fraction of sp³-hybridized carbons (Fsp3) is 0.471. The Morgan fingerprint density at radius 1 is 1.35 bits per heavy atom. The molecular weight excluding hydrogens is 292 g/mol. The maximum Gasteiger partial charge on any atom is 0.273 e. The second kappa shape index (κ2) is 6.40. The predicted molar refractivity (Wildman–Crippen MR) is 88.0 cm³/mol. The molecule has 0 saturated carbocycles. The van der Waals surface area contributed by atoms with E-state index in [1.54, 1.807) is 6.92 Å². The van der Waals surface area contributed by atoms with Crippen molar-refractivity contribution in [3.05, 3.63) is 30.0 Å². The van der Waals surface area contributed by atoms with Crippen molar-refractivity contribution in [2.24, 2.45) is 0 Å². The lowest BCUT2D eigenvalue weighted by Gasteiger charge is -2.35. The van der Waals surface area contributed by atoms with E-state index in [4.69, 9.17) is 0 Å². The van der Waals surface area contributed by atoms with Gasteiger partial charge in [0.05, 0.1) is 5.52 Å². The number of piperidine rings is 1. The molecular formula is C17H22N4O2. The van der Waals surface area contributed by atoms with E-state index in [1.807, 2.05) is 29.2 Å². The van der Waals surface area contributed by atoms with Crippen molar-refractivity contribution in [3.63, 3.8) is 0 Å². The number of nitrogens with one attached hydrogen (secondary N) is 2. The number of H-pyrrole nitrogens is 1. The Bertz CT molecular complexity index is 724. The van der Waals surface area contributed by atoms with Crippen molar-refractivity contribution in [2.75, 3.05) is 6.54 Å². The van der Waals surface area contributed by atoms with E-state index in [-0.39, 0.29) is 17.9 Å². The first-order valence-electron chi connectivity index (χ1n) is 8.12. The number of para-hydroxylation sites is 1. The summed E-state index contributed by atoms with van der Waals surface area (Å²) in [7, 11) is 0.